The van der Waals surface area contributed by atoms with E-state index < -0.39 is 21.0 Å². The summed E-state index contributed by atoms with van der Waals surface area (Å²) in [6, 6.07) is 4.41. The zero-order chi connectivity index (χ0) is 21.3. The van der Waals surface area contributed by atoms with E-state index in [1.807, 2.05) is 0 Å². The van der Waals surface area contributed by atoms with E-state index >= 15 is 0 Å². The summed E-state index contributed by atoms with van der Waals surface area (Å²) in [5, 5.41) is 2.94. The first-order valence-electron chi connectivity index (χ1n) is 9.82. The highest BCUT2D eigenvalue weighted by molar-refractivity contribution is 7.91. The van der Waals surface area contributed by atoms with Gasteiger partial charge in [0.05, 0.1) is 21.7 Å². The number of carbonyl (C=O) groups is 1. The highest BCUT2D eigenvalue weighted by Crippen LogP contribution is 2.23. The molecule has 3 rings (SSSR count). The van der Waals surface area contributed by atoms with Crippen molar-refractivity contribution in [3.05, 3.63) is 38.9 Å². The number of benzene rings is 1. The van der Waals surface area contributed by atoms with E-state index in [1.165, 1.54) is 36.9 Å². The maximum absolute atomic E-state index is 12.7. The van der Waals surface area contributed by atoms with Crippen LogP contribution in [0.25, 0.3) is 11.0 Å². The number of hydrogen-bond donors (Lipinski definition) is 1. The van der Waals surface area contributed by atoms with E-state index in [0.29, 0.717) is 17.0 Å². The Kier molecular flexibility index (Phi) is 5.97. The fourth-order valence-corrected chi connectivity index (χ4v) is 5.06. The molecule has 29 heavy (non-hydrogen) atoms. The predicted molar refractivity (Wildman–Crippen MR) is 111 cm³/mol. The minimum Gasteiger partial charge on any atom is -0.353 e. The van der Waals surface area contributed by atoms with Gasteiger partial charge in [-0.3, -0.25) is 14.4 Å². The number of nitrogens with one attached hydrogen (secondary N) is 1. The van der Waals surface area contributed by atoms with Crippen LogP contribution in [0.15, 0.2) is 32.7 Å². The largest absolute Gasteiger partial charge is 0.353 e. The van der Waals surface area contributed by atoms with Crippen LogP contribution in [0, 0.1) is 5.92 Å². The Hall–Kier alpha value is -2.42. The van der Waals surface area contributed by atoms with Gasteiger partial charge >= 0.3 is 11.1 Å². The second-order valence-electron chi connectivity index (χ2n) is 7.97. The van der Waals surface area contributed by atoms with E-state index in [-0.39, 0.29) is 29.0 Å². The molecule has 0 spiro atoms. The van der Waals surface area contributed by atoms with Gasteiger partial charge in [0.15, 0.2) is 9.84 Å². The van der Waals surface area contributed by atoms with Crippen molar-refractivity contribution in [2.45, 2.75) is 50.0 Å². The molecule has 0 aliphatic heterocycles. The molecule has 0 unspecified atom stereocenters. The smallest absolute Gasteiger partial charge is 0.316 e. The molecule has 1 fully saturated rings. The van der Waals surface area contributed by atoms with Crippen LogP contribution in [0.1, 0.15) is 39.0 Å². The summed E-state index contributed by atoms with van der Waals surface area (Å²) in [7, 11) is -0.812. The number of rotatable bonds is 5. The number of nitrogens with zero attached hydrogens (tertiary/aromatic N) is 2. The molecule has 1 aromatic heterocycles. The summed E-state index contributed by atoms with van der Waals surface area (Å²) >= 11 is 0. The zero-order valence-corrected chi connectivity index (χ0v) is 17.8. The maximum Gasteiger partial charge on any atom is 0.316 e. The lowest BCUT2D eigenvalue weighted by molar-refractivity contribution is -0.121. The van der Waals surface area contributed by atoms with E-state index in [1.54, 1.807) is 0 Å². The first-order valence-corrected chi connectivity index (χ1v) is 11.5. The van der Waals surface area contributed by atoms with Crippen molar-refractivity contribution in [1.82, 2.24) is 14.5 Å². The molecule has 2 aromatic rings. The number of carbonyl (C=O) groups excluding carboxylic acids is 1. The van der Waals surface area contributed by atoms with Crippen LogP contribution in [0.3, 0.4) is 0 Å². The maximum atomic E-state index is 12.7. The summed E-state index contributed by atoms with van der Waals surface area (Å²) in [6.07, 6.45) is 3.88. The van der Waals surface area contributed by atoms with Crippen LogP contribution < -0.4 is 16.4 Å². The molecule has 1 amide bonds. The molecule has 9 heteroatoms. The molecule has 8 nitrogen and oxygen atoms in total. The van der Waals surface area contributed by atoms with Gasteiger partial charge in [-0.2, -0.15) is 0 Å². The molecule has 0 bridgehead atoms. The highest BCUT2D eigenvalue weighted by atomic mass is 32.2. The van der Waals surface area contributed by atoms with Crippen molar-refractivity contribution in [3.8, 4) is 0 Å². The lowest BCUT2D eigenvalue weighted by Gasteiger charge is -2.26. The van der Waals surface area contributed by atoms with Gasteiger partial charge < -0.3 is 14.5 Å². The summed E-state index contributed by atoms with van der Waals surface area (Å²) in [4.78, 5) is 36.2. The molecular weight excluding hydrogens is 394 g/mol. The molecule has 0 saturated heterocycles. The average Bonchev–Trinajstić information content (AvgIpc) is 2.70. The lowest BCUT2D eigenvalue weighted by Crippen LogP contribution is -2.39. The SMILES string of the molecule is CC1CCC(NC(=O)CCS(=O)(=O)c2ccc3c(c2)n(C)c(=O)c(=O)n3C)CC1. The van der Waals surface area contributed by atoms with Crippen molar-refractivity contribution < 1.29 is 13.2 Å². The number of amides is 1. The fraction of sp³-hybridized carbons (Fsp3) is 0.550. The first-order chi connectivity index (χ1) is 13.6. The van der Waals surface area contributed by atoms with Crippen LogP contribution in [0.5, 0.6) is 0 Å². The van der Waals surface area contributed by atoms with Gasteiger partial charge in [0.2, 0.25) is 5.91 Å². The number of sulfone groups is 1. The summed E-state index contributed by atoms with van der Waals surface area (Å²) in [5.41, 5.74) is -0.598. The van der Waals surface area contributed by atoms with Crippen LogP contribution in [0.4, 0.5) is 0 Å². The molecule has 1 heterocycles. The standard InChI is InChI=1S/C20H27N3O5S/c1-13-4-6-14(7-5-13)21-18(24)10-11-29(27,28)15-8-9-16-17(12-15)23(3)20(26)19(25)22(16)2/h8-9,12-14H,4-7,10-11H2,1-3H3,(H,21,24). The molecule has 158 valence electrons. The molecule has 1 aliphatic carbocycles. The third-order valence-corrected chi connectivity index (χ3v) is 7.51. The molecule has 1 aliphatic rings. The zero-order valence-electron chi connectivity index (χ0n) is 17.0. The number of aryl methyl sites for hydroxylation is 2. The van der Waals surface area contributed by atoms with Crippen molar-refractivity contribution >= 4 is 26.8 Å². The fourth-order valence-electron chi connectivity index (χ4n) is 3.80. The minimum absolute atomic E-state index is 0.0259. The van der Waals surface area contributed by atoms with Gasteiger partial charge in [-0.25, -0.2) is 8.42 Å². The number of hydrogen-bond acceptors (Lipinski definition) is 5. The second-order valence-corrected chi connectivity index (χ2v) is 10.1. The Labute approximate surface area is 169 Å². The van der Waals surface area contributed by atoms with Crippen LogP contribution >= 0.6 is 0 Å². The van der Waals surface area contributed by atoms with E-state index in [0.717, 1.165) is 30.3 Å². The minimum atomic E-state index is -3.71. The van der Waals surface area contributed by atoms with Gasteiger partial charge in [-0.05, 0) is 49.8 Å². The summed E-state index contributed by atoms with van der Waals surface area (Å²) in [6.45, 7) is 2.20. The summed E-state index contributed by atoms with van der Waals surface area (Å²) in [5.74, 6) is 0.100. The topological polar surface area (TPSA) is 107 Å². The van der Waals surface area contributed by atoms with Gasteiger partial charge in [-0.15, -0.1) is 0 Å². The Balaban J connectivity index is 1.75. The number of aromatic nitrogens is 2. The Morgan fingerprint density at radius 2 is 1.62 bits per heavy atom. The van der Waals surface area contributed by atoms with Crippen LogP contribution in [-0.4, -0.2) is 35.3 Å². The third-order valence-electron chi connectivity index (χ3n) is 5.80. The molecular formula is C20H27N3O5S. The van der Waals surface area contributed by atoms with Gasteiger partial charge in [-0.1, -0.05) is 6.92 Å². The van der Waals surface area contributed by atoms with E-state index in [4.69, 9.17) is 0 Å². The third kappa shape index (κ3) is 4.44. The van der Waals surface area contributed by atoms with Gasteiger partial charge in [0.1, 0.15) is 0 Å². The Morgan fingerprint density at radius 1 is 1.03 bits per heavy atom. The van der Waals surface area contributed by atoms with Crippen molar-refractivity contribution in [2.75, 3.05) is 5.75 Å². The van der Waals surface area contributed by atoms with E-state index in [2.05, 4.69) is 12.2 Å². The second kappa shape index (κ2) is 8.14. The van der Waals surface area contributed by atoms with Crippen molar-refractivity contribution in [3.63, 3.8) is 0 Å². The highest BCUT2D eigenvalue weighted by Gasteiger charge is 2.22. The Morgan fingerprint density at radius 3 is 2.24 bits per heavy atom. The monoisotopic (exact) mass is 421 g/mol. The first kappa shape index (κ1) is 21.3. The molecule has 1 aromatic carbocycles. The van der Waals surface area contributed by atoms with Gasteiger partial charge in [0.25, 0.3) is 0 Å². The van der Waals surface area contributed by atoms with Crippen LogP contribution in [-0.2, 0) is 28.7 Å². The molecule has 0 radical (unpaired) electrons. The normalized spacial score (nSPS) is 20.0. The predicted octanol–water partition coefficient (Wildman–Crippen LogP) is 1.10. The van der Waals surface area contributed by atoms with Crippen molar-refractivity contribution in [2.24, 2.45) is 20.0 Å². The molecule has 1 N–H and O–H groups in total. The van der Waals surface area contributed by atoms with Crippen LogP contribution in [0.2, 0.25) is 0 Å². The van der Waals surface area contributed by atoms with Gasteiger partial charge in [0, 0.05) is 26.6 Å². The molecule has 0 atom stereocenters. The quantitative estimate of drug-likeness (QED) is 0.728. The van der Waals surface area contributed by atoms with Crippen molar-refractivity contribution in [1.29, 1.82) is 0 Å². The summed E-state index contributed by atoms with van der Waals surface area (Å²) < 4.78 is 27.8. The molecule has 1 saturated carbocycles. The van der Waals surface area contributed by atoms with E-state index in [9.17, 15) is 22.8 Å². The average molecular weight is 422 g/mol. The Bertz CT molecular complexity index is 1160. The number of fused-ring (bicyclic) bond motifs is 1. The lowest BCUT2D eigenvalue weighted by atomic mass is 9.87.